The van der Waals surface area contributed by atoms with Crippen LogP contribution in [0.15, 0.2) is 18.2 Å². The highest BCUT2D eigenvalue weighted by Crippen LogP contribution is 2.51. The zero-order valence-electron chi connectivity index (χ0n) is 7.21. The highest BCUT2D eigenvalue weighted by atomic mass is 35.5. The normalized spacial score (nSPS) is 24.7. The van der Waals surface area contributed by atoms with Crippen molar-refractivity contribution in [3.63, 3.8) is 0 Å². The third kappa shape index (κ3) is 1.60. The summed E-state index contributed by atoms with van der Waals surface area (Å²) in [4.78, 5) is 10.7. The van der Waals surface area contributed by atoms with Crippen molar-refractivity contribution in [2.24, 2.45) is 5.92 Å². The van der Waals surface area contributed by atoms with Gasteiger partial charge in [-0.25, -0.2) is 0 Å². The molecule has 0 radical (unpaired) electrons. The first-order valence-electron chi connectivity index (χ1n) is 4.28. The number of carboxylic acid groups (broad SMARTS) is 1. The molecule has 0 saturated heterocycles. The van der Waals surface area contributed by atoms with E-state index in [1.165, 1.54) is 0 Å². The Balaban J connectivity index is 2.31. The molecule has 0 aromatic heterocycles. The first kappa shape index (κ1) is 9.81. The third-order valence-corrected chi connectivity index (χ3v) is 3.14. The highest BCUT2D eigenvalue weighted by Gasteiger charge is 2.45. The van der Waals surface area contributed by atoms with Crippen LogP contribution in [0, 0.1) is 5.92 Å². The van der Waals surface area contributed by atoms with Crippen molar-refractivity contribution >= 4 is 29.2 Å². The maximum absolute atomic E-state index is 10.7. The van der Waals surface area contributed by atoms with Gasteiger partial charge in [0.05, 0.1) is 5.92 Å². The summed E-state index contributed by atoms with van der Waals surface area (Å²) in [6.07, 6.45) is 0.638. The standard InChI is InChI=1S/C10H8Cl2O2/c11-7-2-1-3-8(12)9(7)5-4-6(5)10(13)14/h1-3,5-6H,4H2,(H,13,14)/t5-,6+/m0/s1. The molecule has 1 aliphatic carbocycles. The van der Waals surface area contributed by atoms with Crippen molar-refractivity contribution in [3.05, 3.63) is 33.8 Å². The van der Waals surface area contributed by atoms with E-state index in [0.717, 1.165) is 5.56 Å². The topological polar surface area (TPSA) is 37.3 Å². The van der Waals surface area contributed by atoms with Crippen molar-refractivity contribution < 1.29 is 9.90 Å². The van der Waals surface area contributed by atoms with Crippen molar-refractivity contribution in [1.29, 1.82) is 0 Å². The quantitative estimate of drug-likeness (QED) is 0.848. The molecule has 0 aliphatic heterocycles. The summed E-state index contributed by atoms with van der Waals surface area (Å²) in [5.74, 6) is -1.09. The van der Waals surface area contributed by atoms with Gasteiger partial charge in [0, 0.05) is 16.0 Å². The lowest BCUT2D eigenvalue weighted by atomic mass is 10.1. The molecule has 2 rings (SSSR count). The molecule has 0 amide bonds. The first-order valence-corrected chi connectivity index (χ1v) is 5.03. The Bertz CT molecular complexity index is 369. The van der Waals surface area contributed by atoms with Gasteiger partial charge in [-0.2, -0.15) is 0 Å². The predicted octanol–water partition coefficient (Wildman–Crippen LogP) is 3.18. The molecular formula is C10H8Cl2O2. The highest BCUT2D eigenvalue weighted by molar-refractivity contribution is 6.36. The van der Waals surface area contributed by atoms with E-state index >= 15 is 0 Å². The lowest BCUT2D eigenvalue weighted by Gasteiger charge is -2.04. The molecule has 1 saturated carbocycles. The average Bonchev–Trinajstić information content (AvgIpc) is 2.83. The maximum atomic E-state index is 10.7. The number of halogens is 2. The van der Waals surface area contributed by atoms with E-state index in [-0.39, 0.29) is 11.8 Å². The van der Waals surface area contributed by atoms with E-state index in [2.05, 4.69) is 0 Å². The van der Waals surface area contributed by atoms with E-state index in [9.17, 15) is 4.79 Å². The lowest BCUT2D eigenvalue weighted by Crippen LogP contribution is -1.99. The molecule has 2 nitrogen and oxygen atoms in total. The van der Waals surface area contributed by atoms with Crippen molar-refractivity contribution in [2.75, 3.05) is 0 Å². The number of aliphatic carboxylic acids is 1. The fraction of sp³-hybridized carbons (Fsp3) is 0.300. The molecular weight excluding hydrogens is 223 g/mol. The van der Waals surface area contributed by atoms with Crippen LogP contribution in [0.3, 0.4) is 0 Å². The number of carbonyl (C=O) groups is 1. The van der Waals surface area contributed by atoms with Gasteiger partial charge in [0.15, 0.2) is 0 Å². The molecule has 1 N–H and O–H groups in total. The molecule has 2 atom stereocenters. The van der Waals surface area contributed by atoms with Gasteiger partial charge in [0.2, 0.25) is 0 Å². The summed E-state index contributed by atoms with van der Waals surface area (Å²) < 4.78 is 0. The van der Waals surface area contributed by atoms with Gasteiger partial charge in [-0.1, -0.05) is 29.3 Å². The largest absolute Gasteiger partial charge is 0.481 e. The van der Waals surface area contributed by atoms with E-state index in [0.29, 0.717) is 16.5 Å². The Morgan fingerprint density at radius 3 is 2.36 bits per heavy atom. The molecule has 1 aromatic carbocycles. The average molecular weight is 231 g/mol. The number of benzene rings is 1. The molecule has 1 fully saturated rings. The van der Waals surface area contributed by atoms with E-state index in [1.54, 1.807) is 18.2 Å². The molecule has 1 aromatic rings. The second-order valence-corrected chi connectivity index (χ2v) is 4.24. The number of carboxylic acids is 1. The van der Waals surface area contributed by atoms with Crippen LogP contribution in [-0.2, 0) is 4.79 Å². The van der Waals surface area contributed by atoms with E-state index in [4.69, 9.17) is 28.3 Å². The van der Waals surface area contributed by atoms with E-state index < -0.39 is 5.97 Å². The fourth-order valence-electron chi connectivity index (χ4n) is 1.65. The third-order valence-electron chi connectivity index (χ3n) is 2.48. The lowest BCUT2D eigenvalue weighted by molar-refractivity contribution is -0.138. The fourth-order valence-corrected chi connectivity index (χ4v) is 2.33. The van der Waals surface area contributed by atoms with Crippen LogP contribution < -0.4 is 0 Å². The molecule has 0 bridgehead atoms. The Kier molecular flexibility index (Phi) is 2.41. The van der Waals surface area contributed by atoms with Gasteiger partial charge in [-0.3, -0.25) is 4.79 Å². The molecule has 0 heterocycles. The van der Waals surface area contributed by atoms with Crippen molar-refractivity contribution in [3.8, 4) is 0 Å². The van der Waals surface area contributed by atoms with E-state index in [1.807, 2.05) is 0 Å². The van der Waals surface area contributed by atoms with Crippen molar-refractivity contribution in [2.45, 2.75) is 12.3 Å². The minimum absolute atomic E-state index is 0.00583. The summed E-state index contributed by atoms with van der Waals surface area (Å²) in [6, 6.07) is 5.23. The summed E-state index contributed by atoms with van der Waals surface area (Å²) in [6.45, 7) is 0. The summed E-state index contributed by atoms with van der Waals surface area (Å²) in [5.41, 5.74) is 0.781. The van der Waals surface area contributed by atoms with Crippen LogP contribution in [0.1, 0.15) is 17.9 Å². The Hall–Kier alpha value is -0.730. The van der Waals surface area contributed by atoms with Crippen LogP contribution in [0.25, 0.3) is 0 Å². The van der Waals surface area contributed by atoms with Gasteiger partial charge >= 0.3 is 5.97 Å². The summed E-state index contributed by atoms with van der Waals surface area (Å²) >= 11 is 11.9. The molecule has 14 heavy (non-hydrogen) atoms. The minimum atomic E-state index is -0.772. The molecule has 1 aliphatic rings. The first-order chi connectivity index (χ1) is 6.61. The van der Waals surface area contributed by atoms with Gasteiger partial charge in [-0.15, -0.1) is 0 Å². The minimum Gasteiger partial charge on any atom is -0.481 e. The molecule has 4 heteroatoms. The van der Waals surface area contributed by atoms with Gasteiger partial charge in [-0.05, 0) is 24.1 Å². The Morgan fingerprint density at radius 1 is 1.36 bits per heavy atom. The predicted molar refractivity (Wildman–Crippen MR) is 54.9 cm³/mol. The van der Waals surface area contributed by atoms with Crippen LogP contribution in [0.4, 0.5) is 0 Å². The second-order valence-electron chi connectivity index (χ2n) is 3.42. The van der Waals surface area contributed by atoms with Crippen molar-refractivity contribution in [1.82, 2.24) is 0 Å². The van der Waals surface area contributed by atoms with Crippen LogP contribution in [-0.4, -0.2) is 11.1 Å². The number of hydrogen-bond donors (Lipinski definition) is 1. The zero-order valence-corrected chi connectivity index (χ0v) is 8.72. The summed E-state index contributed by atoms with van der Waals surface area (Å²) in [7, 11) is 0. The smallest absolute Gasteiger partial charge is 0.307 e. The molecule has 74 valence electrons. The second kappa shape index (κ2) is 3.44. The van der Waals surface area contributed by atoms with Crippen LogP contribution >= 0.6 is 23.2 Å². The van der Waals surface area contributed by atoms with Crippen LogP contribution in [0.5, 0.6) is 0 Å². The molecule has 0 unspecified atom stereocenters. The van der Waals surface area contributed by atoms with Crippen LogP contribution in [0.2, 0.25) is 10.0 Å². The maximum Gasteiger partial charge on any atom is 0.307 e. The number of hydrogen-bond acceptors (Lipinski definition) is 1. The van der Waals surface area contributed by atoms with Gasteiger partial charge < -0.3 is 5.11 Å². The summed E-state index contributed by atoms with van der Waals surface area (Å²) in [5, 5.41) is 9.90. The van der Waals surface area contributed by atoms with Gasteiger partial charge in [0.25, 0.3) is 0 Å². The SMILES string of the molecule is O=C(O)[C@@H]1C[C@@H]1c1c(Cl)cccc1Cl. The zero-order chi connectivity index (χ0) is 10.3. The Labute approximate surface area is 91.4 Å². The number of rotatable bonds is 2. The molecule has 0 spiro atoms. The monoisotopic (exact) mass is 230 g/mol. The Morgan fingerprint density at radius 2 is 1.93 bits per heavy atom. The van der Waals surface area contributed by atoms with Gasteiger partial charge in [0.1, 0.15) is 0 Å².